The van der Waals surface area contributed by atoms with Gasteiger partial charge in [-0.2, -0.15) is 0 Å². The van der Waals surface area contributed by atoms with E-state index in [9.17, 15) is 0 Å². The smallest absolute Gasteiger partial charge is 0.200 e. The van der Waals surface area contributed by atoms with Crippen molar-refractivity contribution in [1.82, 2.24) is 4.98 Å². The highest BCUT2D eigenvalue weighted by molar-refractivity contribution is 5.77. The molecule has 1 aromatic heterocycles. The molecule has 1 N–H and O–H groups in total. The third-order valence-electron chi connectivity index (χ3n) is 4.21. The fourth-order valence-corrected chi connectivity index (χ4v) is 3.18. The Morgan fingerprint density at radius 3 is 2.95 bits per heavy atom. The fraction of sp³-hybridized carbons (Fsp3) is 0.278. The second kappa shape index (κ2) is 4.62. The van der Waals surface area contributed by atoms with E-state index < -0.39 is 0 Å². The van der Waals surface area contributed by atoms with Crippen LogP contribution in [0.5, 0.6) is 0 Å². The van der Waals surface area contributed by atoms with Crippen molar-refractivity contribution in [2.75, 3.05) is 11.9 Å². The summed E-state index contributed by atoms with van der Waals surface area (Å²) in [5.41, 5.74) is 6.86. The summed E-state index contributed by atoms with van der Waals surface area (Å²) in [5.74, 6) is 1.15. The van der Waals surface area contributed by atoms with Crippen molar-refractivity contribution < 1.29 is 4.42 Å². The number of nitrogens with one attached hydrogen (secondary N) is 1. The average molecular weight is 278 g/mol. The molecular formula is C18H18N2O. The number of fused-ring (bicyclic) bond motifs is 2. The molecule has 4 rings (SSSR count). The maximum Gasteiger partial charge on any atom is 0.200 e. The summed E-state index contributed by atoms with van der Waals surface area (Å²) in [5, 5.41) is 3.48. The van der Waals surface area contributed by atoms with Crippen LogP contribution in [0.1, 0.15) is 28.5 Å². The molecule has 0 fully saturated rings. The highest BCUT2D eigenvalue weighted by atomic mass is 16.3. The number of aromatic nitrogens is 1. The molecule has 2 heterocycles. The number of hydrogen-bond acceptors (Lipinski definition) is 3. The van der Waals surface area contributed by atoms with Crippen molar-refractivity contribution in [3.63, 3.8) is 0 Å². The molecular weight excluding hydrogens is 260 g/mol. The van der Waals surface area contributed by atoms with Crippen molar-refractivity contribution in [2.45, 2.75) is 26.2 Å². The fourth-order valence-electron chi connectivity index (χ4n) is 3.18. The molecule has 106 valence electrons. The van der Waals surface area contributed by atoms with Crippen LogP contribution in [0.15, 0.2) is 40.8 Å². The van der Waals surface area contributed by atoms with E-state index in [1.54, 1.807) is 0 Å². The van der Waals surface area contributed by atoms with Gasteiger partial charge in [0.15, 0.2) is 5.58 Å². The SMILES string of the molecule is Cc1cc(C)c2oc(C3CNc4ccccc4C3)nc2c1. The van der Waals surface area contributed by atoms with E-state index in [0.717, 1.165) is 35.5 Å². The molecule has 1 atom stereocenters. The normalized spacial score (nSPS) is 17.5. The summed E-state index contributed by atoms with van der Waals surface area (Å²) >= 11 is 0. The Labute approximate surface area is 124 Å². The molecule has 0 saturated carbocycles. The number of benzene rings is 2. The van der Waals surface area contributed by atoms with Gasteiger partial charge in [0.05, 0.1) is 5.92 Å². The predicted octanol–water partition coefficient (Wildman–Crippen LogP) is 4.20. The molecule has 1 aliphatic heterocycles. The first kappa shape index (κ1) is 12.5. The summed E-state index contributed by atoms with van der Waals surface area (Å²) in [6, 6.07) is 12.7. The quantitative estimate of drug-likeness (QED) is 0.725. The molecule has 0 saturated heterocycles. The van der Waals surface area contributed by atoms with E-state index in [1.807, 2.05) is 0 Å². The molecule has 0 bridgehead atoms. The van der Waals surface area contributed by atoms with Gasteiger partial charge in [-0.15, -0.1) is 0 Å². The van der Waals surface area contributed by atoms with Crippen molar-refractivity contribution in [1.29, 1.82) is 0 Å². The second-order valence-corrected chi connectivity index (χ2v) is 5.92. The minimum absolute atomic E-state index is 0.298. The molecule has 0 radical (unpaired) electrons. The van der Waals surface area contributed by atoms with Crippen LogP contribution in [-0.4, -0.2) is 11.5 Å². The van der Waals surface area contributed by atoms with Gasteiger partial charge in [0.25, 0.3) is 0 Å². The number of nitrogens with zero attached hydrogens (tertiary/aromatic N) is 1. The third-order valence-corrected chi connectivity index (χ3v) is 4.21. The van der Waals surface area contributed by atoms with E-state index in [-0.39, 0.29) is 0 Å². The summed E-state index contributed by atoms with van der Waals surface area (Å²) in [7, 11) is 0. The van der Waals surface area contributed by atoms with Crippen LogP contribution in [0.2, 0.25) is 0 Å². The first-order valence-electron chi connectivity index (χ1n) is 7.40. The van der Waals surface area contributed by atoms with Crippen molar-refractivity contribution in [2.24, 2.45) is 0 Å². The topological polar surface area (TPSA) is 38.1 Å². The zero-order chi connectivity index (χ0) is 14.4. The van der Waals surface area contributed by atoms with Crippen LogP contribution in [-0.2, 0) is 6.42 Å². The van der Waals surface area contributed by atoms with Crippen molar-refractivity contribution in [3.8, 4) is 0 Å². The number of hydrogen-bond donors (Lipinski definition) is 1. The van der Waals surface area contributed by atoms with Gasteiger partial charge in [-0.05, 0) is 49.1 Å². The second-order valence-electron chi connectivity index (χ2n) is 5.92. The minimum atomic E-state index is 0.298. The summed E-state index contributed by atoms with van der Waals surface area (Å²) in [6.07, 6.45) is 0.980. The molecule has 2 aromatic carbocycles. The zero-order valence-electron chi connectivity index (χ0n) is 12.3. The Bertz CT molecular complexity index is 819. The summed E-state index contributed by atoms with van der Waals surface area (Å²) in [4.78, 5) is 4.72. The van der Waals surface area contributed by atoms with Gasteiger partial charge in [-0.3, -0.25) is 0 Å². The first-order valence-corrected chi connectivity index (χ1v) is 7.40. The van der Waals surface area contributed by atoms with Crippen molar-refractivity contribution >= 4 is 16.8 Å². The lowest BCUT2D eigenvalue weighted by atomic mass is 9.94. The Hall–Kier alpha value is -2.29. The Morgan fingerprint density at radius 2 is 2.05 bits per heavy atom. The Balaban J connectivity index is 1.73. The van der Waals surface area contributed by atoms with E-state index in [4.69, 9.17) is 9.40 Å². The average Bonchev–Trinajstić information content (AvgIpc) is 2.91. The van der Waals surface area contributed by atoms with Crippen LogP contribution >= 0.6 is 0 Å². The molecule has 21 heavy (non-hydrogen) atoms. The number of rotatable bonds is 1. The maximum atomic E-state index is 6.06. The van der Waals surface area contributed by atoms with Crippen molar-refractivity contribution in [3.05, 3.63) is 59.0 Å². The van der Waals surface area contributed by atoms with Crippen LogP contribution in [0.25, 0.3) is 11.1 Å². The van der Waals surface area contributed by atoms with Crippen LogP contribution in [0, 0.1) is 13.8 Å². The van der Waals surface area contributed by atoms with Gasteiger partial charge >= 0.3 is 0 Å². The Morgan fingerprint density at radius 1 is 1.19 bits per heavy atom. The number of para-hydroxylation sites is 1. The summed E-state index contributed by atoms with van der Waals surface area (Å²) in [6.45, 7) is 5.06. The molecule has 0 aliphatic carbocycles. The van der Waals surface area contributed by atoms with E-state index >= 15 is 0 Å². The van der Waals surface area contributed by atoms with Crippen LogP contribution < -0.4 is 5.32 Å². The molecule has 3 nitrogen and oxygen atoms in total. The van der Waals surface area contributed by atoms with Gasteiger partial charge in [-0.25, -0.2) is 4.98 Å². The molecule has 1 aliphatic rings. The van der Waals surface area contributed by atoms with Crippen LogP contribution in [0.4, 0.5) is 5.69 Å². The maximum absolute atomic E-state index is 6.06. The first-order chi connectivity index (χ1) is 10.2. The molecule has 1 unspecified atom stereocenters. The van der Waals surface area contributed by atoms with Gasteiger partial charge in [0.1, 0.15) is 5.52 Å². The van der Waals surface area contributed by atoms with E-state index in [0.29, 0.717) is 5.92 Å². The molecule has 0 amide bonds. The lowest BCUT2D eigenvalue weighted by Crippen LogP contribution is -2.21. The molecule has 3 heteroatoms. The Kier molecular flexibility index (Phi) is 2.74. The van der Waals surface area contributed by atoms with E-state index in [2.05, 4.69) is 55.6 Å². The van der Waals surface area contributed by atoms with E-state index in [1.165, 1.54) is 16.8 Å². The number of aryl methyl sites for hydroxylation is 2. The minimum Gasteiger partial charge on any atom is -0.440 e. The van der Waals surface area contributed by atoms with Gasteiger partial charge < -0.3 is 9.73 Å². The molecule has 3 aromatic rings. The lowest BCUT2D eigenvalue weighted by Gasteiger charge is -2.23. The number of anilines is 1. The number of oxazole rings is 1. The van der Waals surface area contributed by atoms with Gasteiger partial charge in [0, 0.05) is 12.2 Å². The monoisotopic (exact) mass is 278 g/mol. The zero-order valence-corrected chi connectivity index (χ0v) is 12.3. The molecule has 0 spiro atoms. The largest absolute Gasteiger partial charge is 0.440 e. The predicted molar refractivity (Wildman–Crippen MR) is 84.9 cm³/mol. The summed E-state index contributed by atoms with van der Waals surface area (Å²) < 4.78 is 6.06. The highest BCUT2D eigenvalue weighted by Gasteiger charge is 2.24. The van der Waals surface area contributed by atoms with Gasteiger partial charge in [0.2, 0.25) is 5.89 Å². The third kappa shape index (κ3) is 2.09. The standard InChI is InChI=1S/C18H18N2O/c1-11-7-12(2)17-16(8-11)20-18(21-17)14-9-13-5-3-4-6-15(13)19-10-14/h3-8,14,19H,9-10H2,1-2H3. The highest BCUT2D eigenvalue weighted by Crippen LogP contribution is 2.32. The van der Waals surface area contributed by atoms with Crippen LogP contribution in [0.3, 0.4) is 0 Å². The lowest BCUT2D eigenvalue weighted by molar-refractivity contribution is 0.470. The van der Waals surface area contributed by atoms with Gasteiger partial charge in [-0.1, -0.05) is 24.3 Å².